The van der Waals surface area contributed by atoms with E-state index in [0.29, 0.717) is 29.1 Å². The van der Waals surface area contributed by atoms with Crippen molar-refractivity contribution in [3.63, 3.8) is 0 Å². The van der Waals surface area contributed by atoms with Crippen LogP contribution in [0.25, 0.3) is 11.1 Å². The highest BCUT2D eigenvalue weighted by molar-refractivity contribution is 7.92. The van der Waals surface area contributed by atoms with Crippen molar-refractivity contribution in [3.05, 3.63) is 88.4 Å². The molecule has 3 aromatic rings. The lowest BCUT2D eigenvalue weighted by Gasteiger charge is -2.29. The molecule has 1 aliphatic heterocycles. The third-order valence-electron chi connectivity index (χ3n) is 6.75. The van der Waals surface area contributed by atoms with Gasteiger partial charge in [-0.1, -0.05) is 54.1 Å². The van der Waals surface area contributed by atoms with Crippen molar-refractivity contribution in [1.82, 2.24) is 4.90 Å². The molecule has 1 aliphatic rings. The quantitative estimate of drug-likeness (QED) is 0.480. The number of carboxylic acids is 1. The molecule has 36 heavy (non-hydrogen) atoms. The van der Waals surface area contributed by atoms with Crippen molar-refractivity contribution in [2.24, 2.45) is 0 Å². The van der Waals surface area contributed by atoms with E-state index in [2.05, 4.69) is 0 Å². The summed E-state index contributed by atoms with van der Waals surface area (Å²) in [6.45, 7) is 1.85. The Bertz CT molecular complexity index is 1420. The van der Waals surface area contributed by atoms with E-state index >= 15 is 0 Å². The summed E-state index contributed by atoms with van der Waals surface area (Å²) in [4.78, 5) is 27.0. The van der Waals surface area contributed by atoms with Crippen LogP contribution in [0.1, 0.15) is 40.4 Å². The average Bonchev–Trinajstić information content (AvgIpc) is 3.28. The summed E-state index contributed by atoms with van der Waals surface area (Å²) in [5.74, 6) is -1.42. The van der Waals surface area contributed by atoms with E-state index in [1.165, 1.54) is 16.3 Å². The normalized spacial score (nSPS) is 17.7. The third kappa shape index (κ3) is 4.83. The van der Waals surface area contributed by atoms with Crippen molar-refractivity contribution in [2.75, 3.05) is 17.6 Å². The minimum atomic E-state index is -3.42. The number of benzene rings is 3. The van der Waals surface area contributed by atoms with Crippen molar-refractivity contribution in [2.45, 2.75) is 31.8 Å². The lowest BCUT2D eigenvalue weighted by molar-refractivity contribution is -0.141. The van der Waals surface area contributed by atoms with Crippen molar-refractivity contribution in [3.8, 4) is 11.1 Å². The standard InChI is InChI=1S/C27H27ClN2O5S/c1-17-20(8-6-10-23(17)29(2)36(3,34)35)18-11-13-19(14-12-18)26(31)30-24(15-16-25(30)27(32)33)21-7-4-5-9-22(21)28/h4-14,24-25H,15-16H2,1-3H3,(H,32,33)/t24-,25+/m1/s1. The molecule has 1 amide bonds. The van der Waals surface area contributed by atoms with Gasteiger partial charge < -0.3 is 10.0 Å². The molecule has 0 radical (unpaired) electrons. The minimum Gasteiger partial charge on any atom is -0.480 e. The number of hydrogen-bond acceptors (Lipinski definition) is 4. The van der Waals surface area contributed by atoms with Crippen molar-refractivity contribution >= 4 is 39.2 Å². The van der Waals surface area contributed by atoms with Gasteiger partial charge in [-0.25, -0.2) is 13.2 Å². The molecule has 0 aromatic heterocycles. The highest BCUT2D eigenvalue weighted by atomic mass is 35.5. The van der Waals surface area contributed by atoms with Crippen molar-refractivity contribution < 1.29 is 23.1 Å². The summed E-state index contributed by atoms with van der Waals surface area (Å²) in [7, 11) is -1.92. The van der Waals surface area contributed by atoms with E-state index in [-0.39, 0.29) is 5.91 Å². The molecule has 1 N–H and O–H groups in total. The summed E-state index contributed by atoms with van der Waals surface area (Å²) >= 11 is 6.39. The number of likely N-dealkylation sites (tertiary alicyclic amines) is 1. The lowest BCUT2D eigenvalue weighted by Crippen LogP contribution is -2.41. The van der Waals surface area contributed by atoms with Gasteiger partial charge in [0.15, 0.2) is 0 Å². The number of aliphatic carboxylic acids is 1. The molecule has 0 aliphatic carbocycles. The zero-order chi connectivity index (χ0) is 26.2. The number of halogens is 1. The molecule has 1 heterocycles. The Hall–Kier alpha value is -3.36. The molecule has 2 atom stereocenters. The first-order valence-electron chi connectivity index (χ1n) is 11.4. The number of rotatable bonds is 6. The predicted octanol–water partition coefficient (Wildman–Crippen LogP) is 5.14. The summed E-state index contributed by atoms with van der Waals surface area (Å²) in [5, 5.41) is 10.3. The smallest absolute Gasteiger partial charge is 0.326 e. The highest BCUT2D eigenvalue weighted by Crippen LogP contribution is 2.40. The van der Waals surface area contributed by atoms with Crippen LogP contribution in [0.5, 0.6) is 0 Å². The van der Waals surface area contributed by atoms with Crippen LogP contribution in [0.4, 0.5) is 5.69 Å². The van der Waals surface area contributed by atoms with E-state index in [1.807, 2.05) is 25.1 Å². The molecule has 1 fully saturated rings. The molecule has 0 saturated carbocycles. The second kappa shape index (κ2) is 9.95. The van der Waals surface area contributed by atoms with E-state index < -0.39 is 28.1 Å². The van der Waals surface area contributed by atoms with Gasteiger partial charge in [0.1, 0.15) is 6.04 Å². The fraction of sp³-hybridized carbons (Fsp3) is 0.259. The molecule has 0 unspecified atom stereocenters. The first kappa shape index (κ1) is 25.7. The maximum atomic E-state index is 13.6. The van der Waals surface area contributed by atoms with E-state index in [9.17, 15) is 23.1 Å². The molecule has 1 saturated heterocycles. The van der Waals surface area contributed by atoms with Crippen LogP contribution in [-0.2, 0) is 14.8 Å². The van der Waals surface area contributed by atoms with Crippen LogP contribution in [0, 0.1) is 6.92 Å². The Morgan fingerprint density at radius 3 is 2.28 bits per heavy atom. The van der Waals surface area contributed by atoms with Gasteiger partial charge in [0.25, 0.3) is 5.91 Å². The minimum absolute atomic E-state index is 0.342. The monoisotopic (exact) mass is 526 g/mol. The molecular formula is C27H27ClN2O5S. The number of carbonyl (C=O) groups excluding carboxylic acids is 1. The zero-order valence-electron chi connectivity index (χ0n) is 20.2. The van der Waals surface area contributed by atoms with Gasteiger partial charge in [-0.2, -0.15) is 0 Å². The Balaban J connectivity index is 1.67. The van der Waals surface area contributed by atoms with Gasteiger partial charge in [0.2, 0.25) is 10.0 Å². The third-order valence-corrected chi connectivity index (χ3v) is 8.29. The largest absolute Gasteiger partial charge is 0.480 e. The first-order chi connectivity index (χ1) is 17.0. The number of carbonyl (C=O) groups is 2. The van der Waals surface area contributed by atoms with Gasteiger partial charge in [0, 0.05) is 17.6 Å². The Labute approximate surface area is 216 Å². The summed E-state index contributed by atoms with van der Waals surface area (Å²) in [6.07, 6.45) is 2.00. The van der Waals surface area contributed by atoms with Crippen LogP contribution in [0.15, 0.2) is 66.7 Å². The molecule has 0 spiro atoms. The fourth-order valence-electron chi connectivity index (χ4n) is 4.78. The topological polar surface area (TPSA) is 95.0 Å². The molecule has 3 aromatic carbocycles. The summed E-state index contributed by atoms with van der Waals surface area (Å²) in [6, 6.07) is 18.1. The average molecular weight is 527 g/mol. The van der Waals surface area contributed by atoms with E-state index in [0.717, 1.165) is 28.5 Å². The Kier molecular flexibility index (Phi) is 7.11. The van der Waals surface area contributed by atoms with Crippen LogP contribution < -0.4 is 4.31 Å². The molecule has 0 bridgehead atoms. The fourth-order valence-corrected chi connectivity index (χ4v) is 5.60. The number of carboxylic acid groups (broad SMARTS) is 1. The van der Waals surface area contributed by atoms with Crippen LogP contribution in [0.2, 0.25) is 5.02 Å². The number of sulfonamides is 1. The number of amides is 1. The van der Waals surface area contributed by atoms with Crippen LogP contribution in [-0.4, -0.2) is 49.6 Å². The first-order valence-corrected chi connectivity index (χ1v) is 13.7. The molecule has 4 rings (SSSR count). The predicted molar refractivity (Wildman–Crippen MR) is 141 cm³/mol. The maximum Gasteiger partial charge on any atom is 0.326 e. The van der Waals surface area contributed by atoms with Gasteiger partial charge in [-0.3, -0.25) is 9.10 Å². The van der Waals surface area contributed by atoms with Gasteiger partial charge in [-0.05, 0) is 66.3 Å². The zero-order valence-corrected chi connectivity index (χ0v) is 21.8. The summed E-state index contributed by atoms with van der Waals surface area (Å²) in [5.41, 5.74) is 4.10. The second-order valence-corrected chi connectivity index (χ2v) is 11.4. The number of nitrogens with zero attached hydrogens (tertiary/aromatic N) is 2. The Morgan fingerprint density at radius 2 is 1.67 bits per heavy atom. The van der Waals surface area contributed by atoms with Gasteiger partial charge in [-0.15, -0.1) is 0 Å². The lowest BCUT2D eigenvalue weighted by atomic mass is 9.97. The molecule has 7 nitrogen and oxygen atoms in total. The van der Waals surface area contributed by atoms with Gasteiger partial charge >= 0.3 is 5.97 Å². The number of anilines is 1. The molecule has 188 valence electrons. The molecular weight excluding hydrogens is 500 g/mol. The van der Waals surface area contributed by atoms with Gasteiger partial charge in [0.05, 0.1) is 18.0 Å². The SMILES string of the molecule is Cc1c(-c2ccc(C(=O)N3[C@@H](c4ccccc4Cl)CC[C@H]3C(=O)O)cc2)cccc1N(C)S(C)(=O)=O. The van der Waals surface area contributed by atoms with Crippen LogP contribution in [0.3, 0.4) is 0 Å². The second-order valence-electron chi connectivity index (χ2n) is 8.94. The molecule has 9 heteroatoms. The van der Waals surface area contributed by atoms with Crippen LogP contribution >= 0.6 is 11.6 Å². The Morgan fingerprint density at radius 1 is 1.00 bits per heavy atom. The highest BCUT2D eigenvalue weighted by Gasteiger charge is 2.42. The maximum absolute atomic E-state index is 13.6. The van der Waals surface area contributed by atoms with E-state index in [1.54, 1.807) is 48.5 Å². The van der Waals surface area contributed by atoms with E-state index in [4.69, 9.17) is 11.6 Å². The van der Waals surface area contributed by atoms with Crippen molar-refractivity contribution in [1.29, 1.82) is 0 Å². The summed E-state index contributed by atoms with van der Waals surface area (Å²) < 4.78 is 25.3. The number of hydrogen-bond donors (Lipinski definition) is 1.